The fourth-order valence-electron chi connectivity index (χ4n) is 3.13. The first-order valence-corrected chi connectivity index (χ1v) is 9.78. The molecule has 0 fully saturated rings. The zero-order chi connectivity index (χ0) is 18.8. The van der Waals surface area contributed by atoms with E-state index >= 15 is 0 Å². The van der Waals surface area contributed by atoms with Gasteiger partial charge in [0, 0.05) is 10.5 Å². The molecule has 0 aliphatic heterocycles. The molecule has 0 radical (unpaired) electrons. The topological polar surface area (TPSA) is 63.6 Å². The maximum Gasteiger partial charge on any atom is 0.338 e. The van der Waals surface area contributed by atoms with Gasteiger partial charge in [0.1, 0.15) is 6.61 Å². The number of ether oxygens (including phenoxy) is 1. The summed E-state index contributed by atoms with van der Waals surface area (Å²) in [5.41, 5.74) is 0.486. The van der Waals surface area contributed by atoms with Gasteiger partial charge in [0.25, 0.3) is 0 Å². The van der Waals surface area contributed by atoms with Crippen molar-refractivity contribution < 1.29 is 14.6 Å². The van der Waals surface area contributed by atoms with Gasteiger partial charge in [0.2, 0.25) is 5.43 Å². The van der Waals surface area contributed by atoms with Crippen LogP contribution < -0.4 is 5.43 Å². The normalized spacial score (nSPS) is 11.0. The molecule has 4 rings (SSSR count). The van der Waals surface area contributed by atoms with E-state index in [-0.39, 0.29) is 18.6 Å². The van der Waals surface area contributed by atoms with Gasteiger partial charge in [-0.3, -0.25) is 4.79 Å². The Bertz CT molecular complexity index is 1130. The van der Waals surface area contributed by atoms with E-state index in [1.807, 2.05) is 60.7 Å². The van der Waals surface area contributed by atoms with Crippen LogP contribution in [-0.2, 0) is 4.74 Å². The van der Waals surface area contributed by atoms with Crippen LogP contribution >= 0.6 is 10.5 Å². The number of fused-ring (bicyclic) bond motifs is 2. The van der Waals surface area contributed by atoms with E-state index in [9.17, 15) is 9.59 Å². The van der Waals surface area contributed by atoms with Gasteiger partial charge in [-0.1, -0.05) is 24.3 Å². The summed E-state index contributed by atoms with van der Waals surface area (Å²) >= 11 is 0. The quantitative estimate of drug-likeness (QED) is 0.328. The van der Waals surface area contributed by atoms with Gasteiger partial charge >= 0.3 is 5.97 Å². The van der Waals surface area contributed by atoms with Crippen LogP contribution in [0.25, 0.3) is 25.1 Å². The van der Waals surface area contributed by atoms with E-state index in [4.69, 9.17) is 9.84 Å². The Morgan fingerprint density at radius 1 is 0.852 bits per heavy atom. The summed E-state index contributed by atoms with van der Waals surface area (Å²) in [6, 6.07) is 22.6. The summed E-state index contributed by atoms with van der Waals surface area (Å²) in [5, 5.41) is 10.2. The molecule has 27 heavy (non-hydrogen) atoms. The molecule has 0 saturated heterocycles. The third-order valence-corrected chi connectivity index (χ3v) is 6.69. The van der Waals surface area contributed by atoms with Crippen molar-refractivity contribution in [3.05, 3.63) is 88.6 Å². The predicted octanol–water partition coefficient (Wildman–Crippen LogP) is 4.24. The summed E-state index contributed by atoms with van der Waals surface area (Å²) in [7, 11) is -0.418. The molecular formula is C22H17O4S+. The van der Waals surface area contributed by atoms with Gasteiger partial charge in [0.15, 0.2) is 14.3 Å². The molecule has 0 saturated carbocycles. The van der Waals surface area contributed by atoms with E-state index < -0.39 is 16.4 Å². The molecule has 0 spiro atoms. The Hall–Kier alpha value is -3.02. The van der Waals surface area contributed by atoms with Crippen molar-refractivity contribution in [3.8, 4) is 4.90 Å². The van der Waals surface area contributed by atoms with E-state index in [0.29, 0.717) is 5.56 Å². The third-order valence-electron chi connectivity index (χ3n) is 4.35. The standard InChI is InChI=1S/C22H17O4S/c23-13-14-26-22(25)15-9-11-16(12-10-15)27-19-7-3-1-5-17(19)21(24)18-6-2-4-8-20(18)27/h1-12,23H,13-14H2/q+1. The first-order valence-electron chi connectivity index (χ1n) is 8.56. The Balaban J connectivity index is 1.91. The molecule has 1 aromatic heterocycles. The number of aliphatic hydroxyl groups excluding tert-OH is 1. The summed E-state index contributed by atoms with van der Waals surface area (Å²) in [4.78, 5) is 25.8. The van der Waals surface area contributed by atoms with Crippen molar-refractivity contribution in [1.29, 1.82) is 0 Å². The fourth-order valence-corrected chi connectivity index (χ4v) is 5.47. The Morgan fingerprint density at radius 2 is 1.41 bits per heavy atom. The number of esters is 1. The van der Waals surface area contributed by atoms with Crippen LogP contribution in [-0.4, -0.2) is 24.3 Å². The highest BCUT2D eigenvalue weighted by Crippen LogP contribution is 2.42. The molecule has 5 heteroatoms. The molecular weight excluding hydrogens is 360 g/mol. The Morgan fingerprint density at radius 3 is 1.96 bits per heavy atom. The first kappa shape index (κ1) is 17.4. The summed E-state index contributed by atoms with van der Waals surface area (Å²) < 4.78 is 6.95. The minimum atomic E-state index is -0.460. The maximum absolute atomic E-state index is 12.9. The van der Waals surface area contributed by atoms with Crippen LogP contribution in [0.15, 0.2) is 77.6 Å². The molecule has 0 aliphatic carbocycles. The number of hydrogen-bond acceptors (Lipinski definition) is 4. The summed E-state index contributed by atoms with van der Waals surface area (Å²) in [6.45, 7) is -0.220. The predicted molar refractivity (Wildman–Crippen MR) is 109 cm³/mol. The van der Waals surface area contributed by atoms with E-state index in [1.54, 1.807) is 12.1 Å². The lowest BCUT2D eigenvalue weighted by Gasteiger charge is -2.04. The summed E-state index contributed by atoms with van der Waals surface area (Å²) in [6.07, 6.45) is 0. The average molecular weight is 377 g/mol. The van der Waals surface area contributed by atoms with E-state index in [2.05, 4.69) is 0 Å². The maximum atomic E-state index is 12.9. The largest absolute Gasteiger partial charge is 0.460 e. The van der Waals surface area contributed by atoms with Crippen molar-refractivity contribution in [3.63, 3.8) is 0 Å². The van der Waals surface area contributed by atoms with Gasteiger partial charge in [-0.05, 0) is 48.5 Å². The van der Waals surface area contributed by atoms with Crippen molar-refractivity contribution in [2.24, 2.45) is 0 Å². The second-order valence-electron chi connectivity index (χ2n) is 6.01. The molecule has 1 N–H and O–H groups in total. The third kappa shape index (κ3) is 3.12. The van der Waals surface area contributed by atoms with Crippen molar-refractivity contribution in [1.82, 2.24) is 0 Å². The smallest absolute Gasteiger partial charge is 0.338 e. The van der Waals surface area contributed by atoms with Crippen molar-refractivity contribution in [2.75, 3.05) is 13.2 Å². The average Bonchev–Trinajstić information content (AvgIpc) is 2.73. The van der Waals surface area contributed by atoms with Gasteiger partial charge < -0.3 is 9.84 Å². The molecule has 0 bridgehead atoms. The molecule has 0 amide bonds. The van der Waals surface area contributed by atoms with Gasteiger partial charge in [-0.15, -0.1) is 0 Å². The highest BCUT2D eigenvalue weighted by molar-refractivity contribution is 7.49. The van der Waals surface area contributed by atoms with Crippen LogP contribution in [0.5, 0.6) is 0 Å². The molecule has 0 aliphatic rings. The number of carbonyl (C=O) groups excluding carboxylic acids is 1. The number of aliphatic hydroxyl groups is 1. The minimum Gasteiger partial charge on any atom is -0.460 e. The molecule has 4 nitrogen and oxygen atoms in total. The molecule has 4 aromatic rings. The van der Waals surface area contributed by atoms with Gasteiger partial charge in [-0.25, -0.2) is 4.79 Å². The zero-order valence-electron chi connectivity index (χ0n) is 14.4. The number of hydrogen-bond donors (Lipinski definition) is 1. The van der Waals surface area contributed by atoms with Crippen LogP contribution in [0.3, 0.4) is 0 Å². The van der Waals surface area contributed by atoms with Crippen LogP contribution in [0.1, 0.15) is 10.4 Å². The number of rotatable bonds is 4. The molecule has 0 unspecified atom stereocenters. The first-order chi connectivity index (χ1) is 13.2. The SMILES string of the molecule is O=C(OCCO)c1ccc(-[s+]2c3ccccc3c(=O)c3ccccc32)cc1. The van der Waals surface area contributed by atoms with Crippen LogP contribution in [0.2, 0.25) is 0 Å². The van der Waals surface area contributed by atoms with Crippen LogP contribution in [0, 0.1) is 0 Å². The highest BCUT2D eigenvalue weighted by atomic mass is 32.2. The number of carbonyl (C=O) groups is 1. The second-order valence-corrected chi connectivity index (χ2v) is 7.97. The Labute approximate surface area is 158 Å². The van der Waals surface area contributed by atoms with E-state index in [0.717, 1.165) is 25.1 Å². The lowest BCUT2D eigenvalue weighted by atomic mass is 10.2. The monoisotopic (exact) mass is 377 g/mol. The lowest BCUT2D eigenvalue weighted by Crippen LogP contribution is -2.08. The Kier molecular flexibility index (Phi) is 4.71. The van der Waals surface area contributed by atoms with E-state index in [1.165, 1.54) is 0 Å². The summed E-state index contributed by atoms with van der Waals surface area (Å²) in [5.74, 6) is -0.460. The van der Waals surface area contributed by atoms with Crippen molar-refractivity contribution in [2.45, 2.75) is 0 Å². The van der Waals surface area contributed by atoms with Crippen LogP contribution in [0.4, 0.5) is 0 Å². The van der Waals surface area contributed by atoms with Gasteiger partial charge in [-0.2, -0.15) is 0 Å². The van der Waals surface area contributed by atoms with Gasteiger partial charge in [0.05, 0.1) is 22.9 Å². The molecule has 1 heterocycles. The highest BCUT2D eigenvalue weighted by Gasteiger charge is 2.22. The lowest BCUT2D eigenvalue weighted by molar-refractivity contribution is 0.0434. The molecule has 134 valence electrons. The molecule has 3 aromatic carbocycles. The minimum absolute atomic E-state index is 0.0200. The fraction of sp³-hybridized carbons (Fsp3) is 0.0909. The zero-order valence-corrected chi connectivity index (χ0v) is 15.2. The number of benzene rings is 3. The van der Waals surface area contributed by atoms with Crippen molar-refractivity contribution >= 4 is 36.6 Å². The second kappa shape index (κ2) is 7.31. The molecule has 0 atom stereocenters.